The fourth-order valence-electron chi connectivity index (χ4n) is 2.35. The molecule has 104 valence electrons. The van der Waals surface area contributed by atoms with Crippen molar-refractivity contribution in [1.82, 2.24) is 10.2 Å². The third-order valence-electron chi connectivity index (χ3n) is 3.78. The lowest BCUT2D eigenvalue weighted by Crippen LogP contribution is -2.08. The van der Waals surface area contributed by atoms with E-state index in [-0.39, 0.29) is 0 Å². The maximum atomic E-state index is 5.61. The predicted octanol–water partition coefficient (Wildman–Crippen LogP) is 2.68. The number of aromatic nitrogens is 2. The Bertz CT molecular complexity index is 622. The first kappa shape index (κ1) is 11.6. The molecule has 0 unspecified atom stereocenters. The molecule has 0 amide bonds. The maximum Gasteiger partial charge on any atom is 0.315 e. The van der Waals surface area contributed by atoms with E-state index in [4.69, 9.17) is 13.9 Å². The molecule has 0 saturated heterocycles. The van der Waals surface area contributed by atoms with Gasteiger partial charge in [0.15, 0.2) is 11.5 Å². The number of benzene rings is 1. The summed E-state index contributed by atoms with van der Waals surface area (Å²) >= 11 is 0. The van der Waals surface area contributed by atoms with Crippen LogP contribution >= 0.6 is 0 Å². The van der Waals surface area contributed by atoms with Gasteiger partial charge in [-0.1, -0.05) is 17.6 Å². The van der Waals surface area contributed by atoms with Crippen molar-refractivity contribution < 1.29 is 13.9 Å². The molecular weight excluding hydrogens is 258 g/mol. The Hall–Kier alpha value is -2.24. The Morgan fingerprint density at radius 2 is 2.05 bits per heavy atom. The number of hydrogen-bond donors (Lipinski definition) is 1. The summed E-state index contributed by atoms with van der Waals surface area (Å²) in [6.07, 6.45) is 3.57. The number of anilines is 1. The van der Waals surface area contributed by atoms with Crippen molar-refractivity contribution in [2.24, 2.45) is 0 Å². The van der Waals surface area contributed by atoms with Crippen LogP contribution in [0.2, 0.25) is 0 Å². The van der Waals surface area contributed by atoms with E-state index in [1.165, 1.54) is 6.42 Å². The lowest BCUT2D eigenvalue weighted by atomic mass is 9.85. The van der Waals surface area contributed by atoms with Crippen LogP contribution in [0.5, 0.6) is 11.5 Å². The molecule has 0 spiro atoms. The number of fused-ring (bicyclic) bond motifs is 1. The van der Waals surface area contributed by atoms with Crippen molar-refractivity contribution in [3.05, 3.63) is 29.7 Å². The number of nitrogens with zero attached hydrogens (tertiary/aromatic N) is 2. The molecule has 1 N–H and O–H groups in total. The molecule has 20 heavy (non-hydrogen) atoms. The van der Waals surface area contributed by atoms with E-state index < -0.39 is 0 Å². The van der Waals surface area contributed by atoms with E-state index in [1.807, 2.05) is 18.2 Å². The highest BCUT2D eigenvalue weighted by Gasteiger charge is 2.25. The van der Waals surface area contributed by atoms with Crippen molar-refractivity contribution in [2.75, 3.05) is 12.1 Å². The summed E-state index contributed by atoms with van der Waals surface area (Å²) < 4.78 is 16.2. The maximum absolute atomic E-state index is 5.61. The minimum absolute atomic E-state index is 0.292. The van der Waals surface area contributed by atoms with Crippen LogP contribution in [0.3, 0.4) is 0 Å². The number of rotatable bonds is 4. The molecule has 1 fully saturated rings. The average Bonchev–Trinajstić information content (AvgIpc) is 3.02. The molecule has 1 aromatic carbocycles. The van der Waals surface area contributed by atoms with E-state index in [2.05, 4.69) is 15.5 Å². The van der Waals surface area contributed by atoms with Gasteiger partial charge in [0.1, 0.15) is 0 Å². The van der Waals surface area contributed by atoms with Crippen LogP contribution in [0.15, 0.2) is 22.6 Å². The van der Waals surface area contributed by atoms with Crippen molar-refractivity contribution in [3.63, 3.8) is 0 Å². The minimum atomic E-state index is 0.292. The molecule has 1 aromatic heterocycles. The quantitative estimate of drug-likeness (QED) is 0.923. The van der Waals surface area contributed by atoms with E-state index >= 15 is 0 Å². The van der Waals surface area contributed by atoms with Gasteiger partial charge in [-0.3, -0.25) is 0 Å². The predicted molar refractivity (Wildman–Crippen MR) is 70.8 cm³/mol. The highest BCUT2D eigenvalue weighted by atomic mass is 16.7. The monoisotopic (exact) mass is 273 g/mol. The summed E-state index contributed by atoms with van der Waals surface area (Å²) in [6, 6.07) is 6.33. The normalized spacial score (nSPS) is 17.0. The smallest absolute Gasteiger partial charge is 0.315 e. The van der Waals surface area contributed by atoms with E-state index in [0.29, 0.717) is 25.3 Å². The van der Waals surface area contributed by atoms with Crippen LogP contribution in [0.1, 0.15) is 36.6 Å². The third kappa shape index (κ3) is 2.07. The molecule has 0 radical (unpaired) electrons. The van der Waals surface area contributed by atoms with Crippen LogP contribution in [0, 0.1) is 0 Å². The molecular formula is C14H15N3O3. The van der Waals surface area contributed by atoms with Crippen molar-refractivity contribution >= 4 is 6.01 Å². The Morgan fingerprint density at radius 1 is 1.15 bits per heavy atom. The van der Waals surface area contributed by atoms with Gasteiger partial charge in [0.2, 0.25) is 12.7 Å². The second-order valence-corrected chi connectivity index (χ2v) is 5.11. The lowest BCUT2D eigenvalue weighted by Gasteiger charge is -2.20. The summed E-state index contributed by atoms with van der Waals surface area (Å²) in [5.41, 5.74) is 1.08. The average molecular weight is 273 g/mol. The second-order valence-electron chi connectivity index (χ2n) is 5.11. The Balaban J connectivity index is 1.41. The highest BCUT2D eigenvalue weighted by molar-refractivity contribution is 5.45. The van der Waals surface area contributed by atoms with Gasteiger partial charge >= 0.3 is 6.01 Å². The zero-order valence-electron chi connectivity index (χ0n) is 11.0. The van der Waals surface area contributed by atoms with Crippen LogP contribution in [-0.2, 0) is 6.54 Å². The summed E-state index contributed by atoms with van der Waals surface area (Å²) in [4.78, 5) is 0. The summed E-state index contributed by atoms with van der Waals surface area (Å²) in [6.45, 7) is 0.906. The second kappa shape index (κ2) is 4.70. The Kier molecular flexibility index (Phi) is 2.72. The van der Waals surface area contributed by atoms with Gasteiger partial charge in [0, 0.05) is 12.5 Å². The molecule has 2 aromatic rings. The van der Waals surface area contributed by atoms with E-state index in [1.54, 1.807) is 0 Å². The fourth-order valence-corrected chi connectivity index (χ4v) is 2.35. The van der Waals surface area contributed by atoms with Gasteiger partial charge in [-0.2, -0.15) is 0 Å². The summed E-state index contributed by atoms with van der Waals surface area (Å²) in [7, 11) is 0. The molecule has 1 saturated carbocycles. The van der Waals surface area contributed by atoms with E-state index in [9.17, 15) is 0 Å². The lowest BCUT2D eigenvalue weighted by molar-refractivity contribution is 0.174. The molecule has 1 aliphatic heterocycles. The SMILES string of the molecule is c1cc2c(cc1CNc1nnc(C3CCC3)o1)OCO2. The van der Waals surface area contributed by atoms with Crippen LogP contribution in [0.4, 0.5) is 6.01 Å². The van der Waals surface area contributed by atoms with Gasteiger partial charge < -0.3 is 19.2 Å². The third-order valence-corrected chi connectivity index (χ3v) is 3.78. The topological polar surface area (TPSA) is 69.4 Å². The molecule has 1 aliphatic carbocycles. The van der Waals surface area contributed by atoms with Gasteiger partial charge in [0.05, 0.1) is 0 Å². The van der Waals surface area contributed by atoms with Gasteiger partial charge in [-0.25, -0.2) is 0 Å². The van der Waals surface area contributed by atoms with Gasteiger partial charge in [-0.15, -0.1) is 5.10 Å². The standard InChI is InChI=1S/C14H15N3O3/c1-2-10(3-1)13-16-17-14(20-13)15-7-9-4-5-11-12(6-9)19-8-18-11/h4-6,10H,1-3,7-8H2,(H,15,17). The van der Waals surface area contributed by atoms with Crippen LogP contribution in [0.25, 0.3) is 0 Å². The zero-order valence-corrected chi connectivity index (χ0v) is 11.0. The van der Waals surface area contributed by atoms with Crippen molar-refractivity contribution in [3.8, 4) is 11.5 Å². The summed E-state index contributed by atoms with van der Waals surface area (Å²) in [5.74, 6) is 2.79. The summed E-state index contributed by atoms with van der Waals surface area (Å²) in [5, 5.41) is 11.2. The van der Waals surface area contributed by atoms with Crippen LogP contribution in [-0.4, -0.2) is 17.0 Å². The molecule has 2 aliphatic rings. The first-order chi connectivity index (χ1) is 9.88. The molecule has 4 rings (SSSR count). The van der Waals surface area contributed by atoms with E-state index in [0.717, 1.165) is 35.8 Å². The molecule has 6 nitrogen and oxygen atoms in total. The fraction of sp³-hybridized carbons (Fsp3) is 0.429. The van der Waals surface area contributed by atoms with Gasteiger partial charge in [0.25, 0.3) is 0 Å². The Morgan fingerprint density at radius 3 is 2.90 bits per heavy atom. The van der Waals surface area contributed by atoms with Crippen molar-refractivity contribution in [1.29, 1.82) is 0 Å². The number of nitrogens with one attached hydrogen (secondary N) is 1. The first-order valence-corrected chi connectivity index (χ1v) is 6.84. The van der Waals surface area contributed by atoms with Gasteiger partial charge in [-0.05, 0) is 30.5 Å². The molecule has 2 heterocycles. The molecule has 6 heteroatoms. The first-order valence-electron chi connectivity index (χ1n) is 6.84. The number of hydrogen-bond acceptors (Lipinski definition) is 6. The minimum Gasteiger partial charge on any atom is -0.454 e. The largest absolute Gasteiger partial charge is 0.454 e. The zero-order chi connectivity index (χ0) is 13.4. The highest BCUT2D eigenvalue weighted by Crippen LogP contribution is 2.36. The number of ether oxygens (including phenoxy) is 2. The Labute approximate surface area is 116 Å². The van der Waals surface area contributed by atoms with Crippen molar-refractivity contribution in [2.45, 2.75) is 31.7 Å². The molecule has 0 atom stereocenters. The van der Waals surface area contributed by atoms with Crippen LogP contribution < -0.4 is 14.8 Å². The molecule has 0 bridgehead atoms.